The molecule has 2 aliphatic heterocycles. The molecule has 3 amide bonds. The summed E-state index contributed by atoms with van der Waals surface area (Å²) in [5.74, 6) is 1.78. The molecule has 6 rings (SSSR count). The lowest BCUT2D eigenvalue weighted by Gasteiger charge is -2.21. The third-order valence-electron chi connectivity index (χ3n) is 6.89. The highest BCUT2D eigenvalue weighted by atomic mass is 32.2. The summed E-state index contributed by atoms with van der Waals surface area (Å²) < 4.78 is 7.99. The largest absolute Gasteiger partial charge is 0.465 e. The monoisotopic (exact) mass is 582 g/mol. The average Bonchev–Trinajstić information content (AvgIpc) is 3.67. The Kier molecular flexibility index (Phi) is 7.03. The Morgan fingerprint density at radius 2 is 1.76 bits per heavy atom. The zero-order valence-corrected chi connectivity index (χ0v) is 24.1. The van der Waals surface area contributed by atoms with Gasteiger partial charge in [-0.25, -0.2) is 14.3 Å². The smallest absolute Gasteiger partial charge is 0.413 e. The number of thioether (sulfide) groups is 1. The maximum Gasteiger partial charge on any atom is 0.413 e. The van der Waals surface area contributed by atoms with Crippen LogP contribution in [0.3, 0.4) is 0 Å². The van der Waals surface area contributed by atoms with Crippen LogP contribution in [0, 0.1) is 0 Å². The van der Waals surface area contributed by atoms with Gasteiger partial charge in [0.05, 0.1) is 17.1 Å². The molecule has 0 saturated heterocycles. The zero-order chi connectivity index (χ0) is 29.4. The number of urea groups is 1. The van der Waals surface area contributed by atoms with Crippen LogP contribution in [0.5, 0.6) is 11.5 Å². The summed E-state index contributed by atoms with van der Waals surface area (Å²) >= 11 is 1.47. The normalized spacial score (nSPS) is 15.4. The Balaban J connectivity index is 1.15. The van der Waals surface area contributed by atoms with Crippen molar-refractivity contribution in [2.24, 2.45) is 0 Å². The fraction of sp³-hybridized carbons (Fsp3) is 0.194. The molecule has 2 aliphatic rings. The van der Waals surface area contributed by atoms with E-state index in [1.165, 1.54) is 16.7 Å². The van der Waals surface area contributed by atoms with Gasteiger partial charge in [0.15, 0.2) is 5.50 Å². The van der Waals surface area contributed by atoms with E-state index in [1.807, 2.05) is 83.8 Å². The lowest BCUT2D eigenvalue weighted by Crippen LogP contribution is -2.35. The van der Waals surface area contributed by atoms with Crippen molar-refractivity contribution in [3.8, 4) is 17.2 Å². The van der Waals surface area contributed by atoms with Gasteiger partial charge < -0.3 is 20.1 Å². The molecule has 4 aromatic rings. The number of para-hydroxylation sites is 2. The molecule has 214 valence electrons. The van der Waals surface area contributed by atoms with Gasteiger partial charge in [0.1, 0.15) is 17.3 Å². The number of hydrogen-bond donors (Lipinski definition) is 3. The first kappa shape index (κ1) is 27.3. The van der Waals surface area contributed by atoms with E-state index in [0.717, 1.165) is 27.5 Å². The highest BCUT2D eigenvalue weighted by Crippen LogP contribution is 2.48. The van der Waals surface area contributed by atoms with Gasteiger partial charge >= 0.3 is 12.1 Å². The molecule has 3 aromatic carbocycles. The summed E-state index contributed by atoms with van der Waals surface area (Å²) in [5, 5.41) is 20.1. The van der Waals surface area contributed by atoms with Gasteiger partial charge in [-0.2, -0.15) is 5.10 Å². The molecule has 3 N–H and O–H groups in total. The number of carbonyl (C=O) groups is 2. The van der Waals surface area contributed by atoms with Gasteiger partial charge in [-0.05, 0) is 30.3 Å². The number of aromatic nitrogens is 2. The molecular weight excluding hydrogens is 552 g/mol. The molecule has 0 radical (unpaired) electrons. The van der Waals surface area contributed by atoms with Crippen LogP contribution < -0.4 is 20.3 Å². The van der Waals surface area contributed by atoms with Crippen molar-refractivity contribution < 1.29 is 19.4 Å². The summed E-state index contributed by atoms with van der Waals surface area (Å²) in [6.07, 6.45) is 2.31. The number of ether oxygens (including phenoxy) is 1. The summed E-state index contributed by atoms with van der Waals surface area (Å²) in [4.78, 5) is 28.7. The van der Waals surface area contributed by atoms with E-state index in [2.05, 4.69) is 31.4 Å². The minimum absolute atomic E-state index is 0.193. The molecule has 42 heavy (non-hydrogen) atoms. The third-order valence-corrected chi connectivity index (χ3v) is 8.15. The molecule has 11 heteroatoms. The van der Waals surface area contributed by atoms with E-state index in [9.17, 15) is 14.7 Å². The fourth-order valence-corrected chi connectivity index (χ4v) is 5.92. The highest BCUT2D eigenvalue weighted by Gasteiger charge is 2.39. The molecule has 0 aliphatic carbocycles. The van der Waals surface area contributed by atoms with Crippen molar-refractivity contribution in [3.05, 3.63) is 103 Å². The molecule has 1 aromatic heterocycles. The molecule has 1 atom stereocenters. The predicted octanol–water partition coefficient (Wildman–Crippen LogP) is 6.94. The number of nitrogens with zero attached hydrogens (tertiary/aromatic N) is 4. The summed E-state index contributed by atoms with van der Waals surface area (Å²) in [7, 11) is 0. The minimum Gasteiger partial charge on any atom is -0.465 e. The first-order valence-electron chi connectivity index (χ1n) is 13.4. The average molecular weight is 583 g/mol. The number of amides is 3. The molecular formula is C31H30N6O4S. The second-order valence-corrected chi connectivity index (χ2v) is 12.0. The predicted molar refractivity (Wildman–Crippen MR) is 162 cm³/mol. The van der Waals surface area contributed by atoms with Gasteiger partial charge in [-0.1, -0.05) is 68.9 Å². The van der Waals surface area contributed by atoms with E-state index >= 15 is 0 Å². The quantitative estimate of drug-likeness (QED) is 0.226. The van der Waals surface area contributed by atoms with E-state index in [4.69, 9.17) is 9.84 Å². The number of hydrogen-bond acceptors (Lipinski definition) is 6. The van der Waals surface area contributed by atoms with E-state index in [-0.39, 0.29) is 23.5 Å². The standard InChI is InChI=1S/C31H30N6O4S/c1-31(2,3)26-18-27(37(34-26)21-10-5-4-6-11-21)33-28(38)32-19-20-9-7-8-12-24(20)41-22-13-14-25-23(17-22)35-15-16-36(30(39)40)29(35)42-25/h4-18,29H,19H2,1-3H3,(H,39,40)(H2,32,33,38). The van der Waals surface area contributed by atoms with Gasteiger partial charge in [-0.15, -0.1) is 0 Å². The SMILES string of the molecule is CC(C)(C)c1cc(NC(=O)NCc2ccccc2Oc2ccc3c(c2)N2C=CN(C(=O)O)C2S3)n(-c2ccccc2)n1. The van der Waals surface area contributed by atoms with Crippen molar-refractivity contribution in [1.82, 2.24) is 20.0 Å². The number of carboxylic acid groups (broad SMARTS) is 1. The molecule has 0 bridgehead atoms. The topological polar surface area (TPSA) is 112 Å². The second-order valence-electron chi connectivity index (χ2n) is 10.9. The third kappa shape index (κ3) is 5.38. The van der Waals surface area contributed by atoms with E-state index < -0.39 is 6.09 Å². The van der Waals surface area contributed by atoms with Gasteiger partial charge in [-0.3, -0.25) is 10.2 Å². The van der Waals surface area contributed by atoms with Crippen LogP contribution in [0.1, 0.15) is 32.0 Å². The first-order valence-corrected chi connectivity index (χ1v) is 14.3. The Bertz CT molecular complexity index is 1680. The molecule has 0 fully saturated rings. The summed E-state index contributed by atoms with van der Waals surface area (Å²) in [6, 6.07) is 24.4. The first-order chi connectivity index (χ1) is 20.2. The zero-order valence-electron chi connectivity index (χ0n) is 23.3. The molecule has 10 nitrogen and oxygen atoms in total. The number of nitrogens with one attached hydrogen (secondary N) is 2. The fourth-order valence-electron chi connectivity index (χ4n) is 4.69. The summed E-state index contributed by atoms with van der Waals surface area (Å²) in [5.41, 5.74) is 2.83. The van der Waals surface area contributed by atoms with Crippen LogP contribution in [0.25, 0.3) is 5.69 Å². The number of carbonyl (C=O) groups excluding carboxylic acids is 1. The van der Waals surface area contributed by atoms with Gasteiger partial charge in [0, 0.05) is 47.0 Å². The number of rotatable bonds is 6. The van der Waals surface area contributed by atoms with Crippen molar-refractivity contribution in [2.45, 2.75) is 43.1 Å². The second kappa shape index (κ2) is 10.8. The van der Waals surface area contributed by atoms with E-state index in [0.29, 0.717) is 17.3 Å². The van der Waals surface area contributed by atoms with Crippen molar-refractivity contribution >= 4 is 35.4 Å². The Hall–Kier alpha value is -4.90. The maximum atomic E-state index is 13.0. The Morgan fingerprint density at radius 3 is 2.52 bits per heavy atom. The number of fused-ring (bicyclic) bond motifs is 3. The molecule has 3 heterocycles. The van der Waals surface area contributed by atoms with Crippen LogP contribution >= 0.6 is 11.8 Å². The molecule has 1 unspecified atom stereocenters. The molecule has 0 saturated carbocycles. The molecule has 0 spiro atoms. The number of benzene rings is 3. The number of anilines is 2. The van der Waals surface area contributed by atoms with Crippen LogP contribution in [-0.2, 0) is 12.0 Å². The maximum absolute atomic E-state index is 13.0. The van der Waals surface area contributed by atoms with Crippen molar-refractivity contribution in [3.63, 3.8) is 0 Å². The Labute approximate surface area is 247 Å². The van der Waals surface area contributed by atoms with Crippen LogP contribution in [0.4, 0.5) is 21.1 Å². The van der Waals surface area contributed by atoms with Crippen LogP contribution in [-0.4, -0.2) is 37.4 Å². The lowest BCUT2D eigenvalue weighted by atomic mass is 9.92. The van der Waals surface area contributed by atoms with Crippen molar-refractivity contribution in [2.75, 3.05) is 10.2 Å². The van der Waals surface area contributed by atoms with Crippen LogP contribution in [0.15, 0.2) is 96.2 Å². The minimum atomic E-state index is -1.000. The van der Waals surface area contributed by atoms with E-state index in [1.54, 1.807) is 17.1 Å². The Morgan fingerprint density at radius 1 is 1.00 bits per heavy atom. The lowest BCUT2D eigenvalue weighted by molar-refractivity contribution is 0.163. The summed E-state index contributed by atoms with van der Waals surface area (Å²) in [6.45, 7) is 6.47. The highest BCUT2D eigenvalue weighted by molar-refractivity contribution is 8.00. The van der Waals surface area contributed by atoms with Crippen LogP contribution in [0.2, 0.25) is 0 Å². The van der Waals surface area contributed by atoms with Gasteiger partial charge in [0.2, 0.25) is 0 Å². The van der Waals surface area contributed by atoms with Gasteiger partial charge in [0.25, 0.3) is 0 Å². The van der Waals surface area contributed by atoms with Crippen molar-refractivity contribution in [1.29, 1.82) is 0 Å².